The van der Waals surface area contributed by atoms with E-state index < -0.39 is 12.0 Å². The molecule has 0 fully saturated rings. The van der Waals surface area contributed by atoms with Crippen molar-refractivity contribution in [3.05, 3.63) is 70.7 Å². The highest BCUT2D eigenvalue weighted by Gasteiger charge is 2.17. The van der Waals surface area contributed by atoms with Crippen molar-refractivity contribution in [1.82, 2.24) is 5.32 Å². The van der Waals surface area contributed by atoms with Crippen molar-refractivity contribution in [2.75, 3.05) is 0 Å². The van der Waals surface area contributed by atoms with Gasteiger partial charge in [-0.1, -0.05) is 60.1 Å². The largest absolute Gasteiger partial charge is 0.480 e. The van der Waals surface area contributed by atoms with E-state index in [1.54, 1.807) is 6.07 Å². The van der Waals surface area contributed by atoms with Crippen LogP contribution in [0, 0.1) is 0 Å². The zero-order chi connectivity index (χ0) is 14.4. The quantitative estimate of drug-likeness (QED) is 0.859. The zero-order valence-corrected chi connectivity index (χ0v) is 11.7. The van der Waals surface area contributed by atoms with E-state index in [-0.39, 0.29) is 0 Å². The fraction of sp³-hybridized carbons (Fsp3) is 0.188. The first-order valence-electron chi connectivity index (χ1n) is 6.40. The number of nitrogens with one attached hydrogen (secondary N) is 1. The van der Waals surface area contributed by atoms with Crippen molar-refractivity contribution >= 4 is 17.6 Å². The Hall–Kier alpha value is -1.84. The van der Waals surface area contributed by atoms with Gasteiger partial charge in [0.05, 0.1) is 0 Å². The Bertz CT molecular complexity index is 572. The van der Waals surface area contributed by atoms with Crippen molar-refractivity contribution in [2.45, 2.75) is 19.0 Å². The third-order valence-electron chi connectivity index (χ3n) is 3.08. The average molecular weight is 290 g/mol. The van der Waals surface area contributed by atoms with Crippen LogP contribution in [0.15, 0.2) is 54.6 Å². The van der Waals surface area contributed by atoms with Crippen LogP contribution >= 0.6 is 11.6 Å². The van der Waals surface area contributed by atoms with Crippen LogP contribution in [0.4, 0.5) is 0 Å². The van der Waals surface area contributed by atoms with Gasteiger partial charge in [0.1, 0.15) is 6.04 Å². The van der Waals surface area contributed by atoms with Gasteiger partial charge in [-0.3, -0.25) is 10.1 Å². The molecule has 0 aliphatic carbocycles. The summed E-state index contributed by atoms with van der Waals surface area (Å²) in [5.41, 5.74) is 1.89. The second-order valence-electron chi connectivity index (χ2n) is 4.55. The van der Waals surface area contributed by atoms with Gasteiger partial charge in [0.2, 0.25) is 0 Å². The summed E-state index contributed by atoms with van der Waals surface area (Å²) in [5, 5.41) is 13.0. The summed E-state index contributed by atoms with van der Waals surface area (Å²) in [6, 6.07) is 16.4. The predicted octanol–water partition coefficient (Wildman–Crippen LogP) is 3.13. The number of carbonyl (C=O) groups is 1. The third kappa shape index (κ3) is 4.08. The summed E-state index contributed by atoms with van der Waals surface area (Å²) in [5.74, 6) is -0.860. The number of carboxylic acid groups (broad SMARTS) is 1. The van der Waals surface area contributed by atoms with E-state index in [9.17, 15) is 9.90 Å². The summed E-state index contributed by atoms with van der Waals surface area (Å²) >= 11 is 6.06. The molecule has 4 heteroatoms. The van der Waals surface area contributed by atoms with Gasteiger partial charge in [-0.15, -0.1) is 0 Å². The van der Waals surface area contributed by atoms with E-state index in [2.05, 4.69) is 5.32 Å². The lowest BCUT2D eigenvalue weighted by atomic mass is 10.1. The maximum Gasteiger partial charge on any atom is 0.321 e. The Morgan fingerprint density at radius 2 is 1.75 bits per heavy atom. The Labute approximate surface area is 123 Å². The van der Waals surface area contributed by atoms with Gasteiger partial charge in [0, 0.05) is 11.6 Å². The molecule has 2 rings (SSSR count). The topological polar surface area (TPSA) is 49.3 Å². The van der Waals surface area contributed by atoms with Crippen LogP contribution in [0.3, 0.4) is 0 Å². The van der Waals surface area contributed by atoms with Gasteiger partial charge in [0.15, 0.2) is 0 Å². The molecule has 3 nitrogen and oxygen atoms in total. The molecule has 0 bridgehead atoms. The van der Waals surface area contributed by atoms with Crippen molar-refractivity contribution in [3.8, 4) is 0 Å². The van der Waals surface area contributed by atoms with E-state index in [0.29, 0.717) is 18.0 Å². The number of hydrogen-bond donors (Lipinski definition) is 2. The summed E-state index contributed by atoms with van der Waals surface area (Å²) < 4.78 is 0. The number of hydrogen-bond acceptors (Lipinski definition) is 2. The van der Waals surface area contributed by atoms with Crippen molar-refractivity contribution in [2.24, 2.45) is 0 Å². The first-order valence-corrected chi connectivity index (χ1v) is 6.78. The Morgan fingerprint density at radius 1 is 1.10 bits per heavy atom. The normalized spacial score (nSPS) is 12.1. The summed E-state index contributed by atoms with van der Waals surface area (Å²) in [7, 11) is 0. The Kier molecular flexibility index (Phi) is 5.16. The molecule has 2 N–H and O–H groups in total. The van der Waals surface area contributed by atoms with Crippen molar-refractivity contribution in [1.29, 1.82) is 0 Å². The van der Waals surface area contributed by atoms with Gasteiger partial charge in [-0.2, -0.15) is 0 Å². The first-order chi connectivity index (χ1) is 9.66. The van der Waals surface area contributed by atoms with Crippen molar-refractivity contribution in [3.63, 3.8) is 0 Å². The lowest BCUT2D eigenvalue weighted by molar-refractivity contribution is -0.139. The molecule has 1 atom stereocenters. The number of halogens is 1. The Morgan fingerprint density at radius 3 is 2.40 bits per heavy atom. The van der Waals surface area contributed by atoms with Crippen molar-refractivity contribution < 1.29 is 9.90 Å². The predicted molar refractivity (Wildman–Crippen MR) is 79.9 cm³/mol. The highest BCUT2D eigenvalue weighted by molar-refractivity contribution is 6.31. The summed E-state index contributed by atoms with van der Waals surface area (Å²) in [6.07, 6.45) is 0.445. The molecule has 0 amide bonds. The van der Waals surface area contributed by atoms with E-state index in [4.69, 9.17) is 11.6 Å². The SMILES string of the molecule is O=C(O)C(Cc1ccccc1)NCc1ccccc1Cl. The summed E-state index contributed by atoms with van der Waals surface area (Å²) in [6.45, 7) is 0.434. The second kappa shape index (κ2) is 7.08. The number of carboxylic acids is 1. The van der Waals surface area contributed by atoms with Gasteiger partial charge in [-0.25, -0.2) is 0 Å². The number of rotatable bonds is 6. The van der Waals surface area contributed by atoms with Gasteiger partial charge >= 0.3 is 5.97 Å². The van der Waals surface area contributed by atoms with E-state index >= 15 is 0 Å². The molecule has 1 unspecified atom stereocenters. The van der Waals surface area contributed by atoms with Crippen LogP contribution < -0.4 is 5.32 Å². The molecule has 0 aliphatic heterocycles. The fourth-order valence-electron chi connectivity index (χ4n) is 1.97. The van der Waals surface area contributed by atoms with Crippen LogP contribution in [0.1, 0.15) is 11.1 Å². The first kappa shape index (κ1) is 14.6. The smallest absolute Gasteiger partial charge is 0.321 e. The molecule has 0 heterocycles. The molecule has 2 aromatic carbocycles. The van der Waals surface area contributed by atoms with Crippen LogP contribution in [0.25, 0.3) is 0 Å². The van der Waals surface area contributed by atoms with E-state index in [1.807, 2.05) is 48.5 Å². The highest BCUT2D eigenvalue weighted by Crippen LogP contribution is 2.15. The minimum Gasteiger partial charge on any atom is -0.480 e. The summed E-state index contributed by atoms with van der Waals surface area (Å²) in [4.78, 5) is 11.3. The molecule has 20 heavy (non-hydrogen) atoms. The average Bonchev–Trinajstić information content (AvgIpc) is 2.46. The molecular formula is C16H16ClNO2. The standard InChI is InChI=1S/C16H16ClNO2/c17-14-9-5-4-8-13(14)11-18-15(16(19)20)10-12-6-2-1-3-7-12/h1-9,15,18H,10-11H2,(H,19,20). The fourth-order valence-corrected chi connectivity index (χ4v) is 2.17. The third-order valence-corrected chi connectivity index (χ3v) is 3.45. The van der Waals surface area contributed by atoms with Gasteiger partial charge in [-0.05, 0) is 23.6 Å². The lowest BCUT2D eigenvalue weighted by Gasteiger charge is -2.15. The number of benzene rings is 2. The van der Waals surface area contributed by atoms with Crippen LogP contribution in [0.5, 0.6) is 0 Å². The molecule has 0 aliphatic rings. The molecule has 2 aromatic rings. The van der Waals surface area contributed by atoms with E-state index in [0.717, 1.165) is 11.1 Å². The molecular weight excluding hydrogens is 274 g/mol. The lowest BCUT2D eigenvalue weighted by Crippen LogP contribution is -2.38. The van der Waals surface area contributed by atoms with Crippen LogP contribution in [0.2, 0.25) is 5.02 Å². The molecule has 0 spiro atoms. The van der Waals surface area contributed by atoms with Crippen LogP contribution in [-0.4, -0.2) is 17.1 Å². The molecule has 0 radical (unpaired) electrons. The Balaban J connectivity index is 2.00. The van der Waals surface area contributed by atoms with E-state index in [1.165, 1.54) is 0 Å². The monoisotopic (exact) mass is 289 g/mol. The molecule has 0 saturated carbocycles. The zero-order valence-electron chi connectivity index (χ0n) is 10.9. The maximum absolute atomic E-state index is 11.3. The molecule has 0 saturated heterocycles. The molecule has 0 aromatic heterocycles. The molecule has 104 valence electrons. The van der Waals surface area contributed by atoms with Gasteiger partial charge < -0.3 is 5.11 Å². The highest BCUT2D eigenvalue weighted by atomic mass is 35.5. The minimum atomic E-state index is -0.860. The minimum absolute atomic E-state index is 0.434. The maximum atomic E-state index is 11.3. The number of aliphatic carboxylic acids is 1. The second-order valence-corrected chi connectivity index (χ2v) is 4.96. The van der Waals surface area contributed by atoms with Gasteiger partial charge in [0.25, 0.3) is 0 Å². The van der Waals surface area contributed by atoms with Crippen LogP contribution in [-0.2, 0) is 17.8 Å².